The van der Waals surface area contributed by atoms with Crippen LogP contribution in [0.3, 0.4) is 0 Å². The van der Waals surface area contributed by atoms with Crippen molar-refractivity contribution in [2.24, 2.45) is 0 Å². The number of benzene rings is 2. The molecule has 0 saturated heterocycles. The van der Waals surface area contributed by atoms with Crippen molar-refractivity contribution < 1.29 is 14.4 Å². The number of thiazole rings is 1. The molecule has 0 aliphatic carbocycles. The lowest BCUT2D eigenvalue weighted by Crippen LogP contribution is -2.24. The number of nitrogens with one attached hydrogen (secondary N) is 1. The van der Waals surface area contributed by atoms with Gasteiger partial charge in [-0.1, -0.05) is 6.07 Å². The van der Waals surface area contributed by atoms with Gasteiger partial charge in [-0.2, -0.15) is 0 Å². The highest BCUT2D eigenvalue weighted by atomic mass is 32.1. The van der Waals surface area contributed by atoms with E-state index in [0.29, 0.717) is 16.3 Å². The van der Waals surface area contributed by atoms with Crippen LogP contribution in [0.2, 0.25) is 0 Å². The number of aryl methyl sites for hydroxylation is 3. The van der Waals surface area contributed by atoms with Crippen LogP contribution in [0.4, 0.5) is 5.13 Å². The van der Waals surface area contributed by atoms with E-state index >= 15 is 0 Å². The molecule has 146 valence electrons. The number of amides is 3. The third-order valence-electron chi connectivity index (χ3n) is 5.19. The summed E-state index contributed by atoms with van der Waals surface area (Å²) in [7, 11) is 1.43. The Kier molecular flexibility index (Phi) is 4.55. The summed E-state index contributed by atoms with van der Waals surface area (Å²) in [6.45, 7) is 6.18. The van der Waals surface area contributed by atoms with E-state index < -0.39 is 5.91 Å². The van der Waals surface area contributed by atoms with Crippen LogP contribution in [0.5, 0.6) is 0 Å². The van der Waals surface area contributed by atoms with E-state index in [-0.39, 0.29) is 17.4 Å². The molecule has 1 aromatic heterocycles. The summed E-state index contributed by atoms with van der Waals surface area (Å²) in [5, 5.41) is 5.16. The van der Waals surface area contributed by atoms with Crippen molar-refractivity contribution in [3.05, 3.63) is 69.1 Å². The average Bonchev–Trinajstić information content (AvgIpc) is 3.23. The van der Waals surface area contributed by atoms with Crippen molar-refractivity contribution in [1.29, 1.82) is 0 Å². The molecule has 1 aliphatic rings. The summed E-state index contributed by atoms with van der Waals surface area (Å²) in [5.41, 5.74) is 6.25. The van der Waals surface area contributed by atoms with Crippen LogP contribution >= 0.6 is 11.3 Å². The lowest BCUT2D eigenvalue weighted by molar-refractivity contribution is 0.0693. The highest BCUT2D eigenvalue weighted by Crippen LogP contribution is 2.30. The van der Waals surface area contributed by atoms with Crippen LogP contribution < -0.4 is 5.32 Å². The number of carbonyl (C=O) groups excluding carboxylic acids is 3. The first kappa shape index (κ1) is 19.0. The second-order valence-electron chi connectivity index (χ2n) is 7.17. The fourth-order valence-corrected chi connectivity index (χ4v) is 4.07. The number of anilines is 1. The number of hydrogen-bond donors (Lipinski definition) is 1. The minimum absolute atomic E-state index is 0.246. The van der Waals surface area contributed by atoms with Gasteiger partial charge in [-0.25, -0.2) is 4.98 Å². The Morgan fingerprint density at radius 3 is 2.38 bits per heavy atom. The molecule has 0 saturated carbocycles. The third kappa shape index (κ3) is 3.23. The second kappa shape index (κ2) is 6.93. The number of carbonyl (C=O) groups is 3. The maximum atomic E-state index is 12.6. The first-order valence-corrected chi connectivity index (χ1v) is 9.95. The van der Waals surface area contributed by atoms with Gasteiger partial charge in [-0.15, -0.1) is 11.3 Å². The number of nitrogens with zero attached hydrogens (tertiary/aromatic N) is 2. The molecule has 7 heteroatoms. The fraction of sp³-hybridized carbons (Fsp3) is 0.182. The predicted molar refractivity (Wildman–Crippen MR) is 113 cm³/mol. The monoisotopic (exact) mass is 405 g/mol. The van der Waals surface area contributed by atoms with Crippen LogP contribution in [-0.2, 0) is 0 Å². The average molecular weight is 405 g/mol. The second-order valence-corrected chi connectivity index (χ2v) is 8.03. The van der Waals surface area contributed by atoms with Crippen LogP contribution in [0.1, 0.15) is 47.8 Å². The largest absolute Gasteiger partial charge is 0.298 e. The predicted octanol–water partition coefficient (Wildman–Crippen LogP) is 4.21. The van der Waals surface area contributed by atoms with Gasteiger partial charge in [0.2, 0.25) is 0 Å². The van der Waals surface area contributed by atoms with E-state index in [1.165, 1.54) is 41.6 Å². The van der Waals surface area contributed by atoms with E-state index in [0.717, 1.165) is 21.7 Å². The van der Waals surface area contributed by atoms with Crippen molar-refractivity contribution in [2.45, 2.75) is 20.8 Å². The van der Waals surface area contributed by atoms with E-state index in [9.17, 15) is 14.4 Å². The van der Waals surface area contributed by atoms with Gasteiger partial charge in [0, 0.05) is 23.6 Å². The summed E-state index contributed by atoms with van der Waals surface area (Å²) in [6.07, 6.45) is 0. The van der Waals surface area contributed by atoms with E-state index in [2.05, 4.69) is 36.3 Å². The Balaban J connectivity index is 1.58. The van der Waals surface area contributed by atoms with Gasteiger partial charge < -0.3 is 0 Å². The molecule has 1 aliphatic heterocycles. The smallest absolute Gasteiger partial charge is 0.261 e. The third-order valence-corrected chi connectivity index (χ3v) is 5.95. The maximum Gasteiger partial charge on any atom is 0.261 e. The Morgan fingerprint density at radius 2 is 1.62 bits per heavy atom. The van der Waals surface area contributed by atoms with Gasteiger partial charge in [-0.3, -0.25) is 24.6 Å². The normalized spacial score (nSPS) is 13.0. The number of fused-ring (bicyclic) bond motifs is 1. The highest BCUT2D eigenvalue weighted by molar-refractivity contribution is 7.14. The van der Waals surface area contributed by atoms with Gasteiger partial charge in [-0.05, 0) is 61.7 Å². The van der Waals surface area contributed by atoms with Crippen molar-refractivity contribution >= 4 is 34.2 Å². The number of aromatic nitrogens is 1. The van der Waals surface area contributed by atoms with Crippen molar-refractivity contribution in [3.63, 3.8) is 0 Å². The van der Waals surface area contributed by atoms with Gasteiger partial charge in [0.25, 0.3) is 17.7 Å². The molecular formula is C22H19N3O3S. The zero-order valence-corrected chi connectivity index (χ0v) is 17.3. The first-order chi connectivity index (χ1) is 13.8. The van der Waals surface area contributed by atoms with Gasteiger partial charge >= 0.3 is 0 Å². The van der Waals surface area contributed by atoms with E-state index in [1.807, 2.05) is 12.3 Å². The Morgan fingerprint density at radius 1 is 0.931 bits per heavy atom. The molecule has 6 nitrogen and oxygen atoms in total. The quantitative estimate of drug-likeness (QED) is 0.662. The standard InChI is InChI=1S/C22H19N3O3S/c1-11-7-13(3)16(8-12(11)2)18-10-29-22(23-18)24-19(26)14-5-6-15-17(9-14)21(28)25(4)20(15)27/h5-10H,1-4H3,(H,23,24,26). The highest BCUT2D eigenvalue weighted by Gasteiger charge is 2.33. The zero-order chi connectivity index (χ0) is 20.9. The zero-order valence-electron chi connectivity index (χ0n) is 16.5. The summed E-state index contributed by atoms with van der Waals surface area (Å²) >= 11 is 1.34. The molecule has 0 unspecified atom stereocenters. The lowest BCUT2D eigenvalue weighted by atomic mass is 9.99. The maximum absolute atomic E-state index is 12.6. The first-order valence-electron chi connectivity index (χ1n) is 9.08. The lowest BCUT2D eigenvalue weighted by Gasteiger charge is -2.07. The molecule has 0 fully saturated rings. The minimum Gasteiger partial charge on any atom is -0.298 e. The molecule has 2 aromatic carbocycles. The topological polar surface area (TPSA) is 79.4 Å². The molecule has 0 atom stereocenters. The van der Waals surface area contributed by atoms with E-state index in [1.54, 1.807) is 6.07 Å². The Bertz CT molecular complexity index is 1200. The minimum atomic E-state index is -0.401. The van der Waals surface area contributed by atoms with Gasteiger partial charge in [0.05, 0.1) is 16.8 Å². The fourth-order valence-electron chi connectivity index (χ4n) is 3.36. The van der Waals surface area contributed by atoms with Crippen LogP contribution in [0.25, 0.3) is 11.3 Å². The summed E-state index contributed by atoms with van der Waals surface area (Å²) in [5.74, 6) is -1.13. The molecule has 3 amide bonds. The Labute approximate surface area is 172 Å². The molecule has 4 rings (SSSR count). The van der Waals surface area contributed by atoms with E-state index in [4.69, 9.17) is 0 Å². The molecule has 0 spiro atoms. The van der Waals surface area contributed by atoms with Gasteiger partial charge in [0.1, 0.15) is 0 Å². The summed E-state index contributed by atoms with van der Waals surface area (Å²) < 4.78 is 0. The molecule has 0 bridgehead atoms. The molecule has 1 N–H and O–H groups in total. The molecule has 0 radical (unpaired) electrons. The molecule has 3 aromatic rings. The number of imide groups is 1. The van der Waals surface area contributed by atoms with Crippen molar-refractivity contribution in [3.8, 4) is 11.3 Å². The van der Waals surface area contributed by atoms with Crippen molar-refractivity contribution in [2.75, 3.05) is 12.4 Å². The summed E-state index contributed by atoms with van der Waals surface area (Å²) in [4.78, 5) is 42.4. The van der Waals surface area contributed by atoms with Gasteiger partial charge in [0.15, 0.2) is 5.13 Å². The SMILES string of the molecule is Cc1cc(C)c(-c2csc(NC(=O)c3ccc4c(c3)C(=O)N(C)C4=O)n2)cc1C. The van der Waals surface area contributed by atoms with Crippen LogP contribution in [-0.4, -0.2) is 34.7 Å². The van der Waals surface area contributed by atoms with Crippen LogP contribution in [0.15, 0.2) is 35.7 Å². The Hall–Kier alpha value is -3.32. The van der Waals surface area contributed by atoms with Crippen molar-refractivity contribution in [1.82, 2.24) is 9.88 Å². The molecular weight excluding hydrogens is 386 g/mol. The number of hydrogen-bond acceptors (Lipinski definition) is 5. The summed E-state index contributed by atoms with van der Waals surface area (Å²) in [6, 6.07) is 8.74. The molecule has 29 heavy (non-hydrogen) atoms. The molecule has 2 heterocycles. The number of rotatable bonds is 3. The van der Waals surface area contributed by atoms with Crippen LogP contribution in [0, 0.1) is 20.8 Å².